The minimum absolute atomic E-state index is 0.310. The third-order valence-electron chi connectivity index (χ3n) is 3.96. The Kier molecular flexibility index (Phi) is 6.27. The highest BCUT2D eigenvalue weighted by molar-refractivity contribution is 7.15. The van der Waals surface area contributed by atoms with Gasteiger partial charge in [-0.1, -0.05) is 19.3 Å². The van der Waals surface area contributed by atoms with Crippen LogP contribution in [0.15, 0.2) is 5.38 Å². The van der Waals surface area contributed by atoms with Gasteiger partial charge in [-0.3, -0.25) is 5.32 Å². The summed E-state index contributed by atoms with van der Waals surface area (Å²) in [7, 11) is 0. The molecule has 1 saturated carbocycles. The number of hydrogen-bond acceptors (Lipinski definition) is 5. The Morgan fingerprint density at radius 1 is 1.25 bits per heavy atom. The van der Waals surface area contributed by atoms with Crippen LogP contribution < -0.4 is 5.32 Å². The predicted molar refractivity (Wildman–Crippen MR) is 96.0 cm³/mol. The van der Waals surface area contributed by atoms with Crippen molar-refractivity contribution in [3.05, 3.63) is 16.5 Å². The Labute approximate surface area is 147 Å². The van der Waals surface area contributed by atoms with E-state index in [0.29, 0.717) is 23.1 Å². The van der Waals surface area contributed by atoms with Gasteiger partial charge < -0.3 is 9.47 Å². The largest absolute Gasteiger partial charge is 0.462 e. The van der Waals surface area contributed by atoms with Crippen LogP contribution in [0.1, 0.15) is 81.6 Å². The highest BCUT2D eigenvalue weighted by Crippen LogP contribution is 2.40. The van der Waals surface area contributed by atoms with E-state index in [9.17, 15) is 9.59 Å². The molecular weight excluding hydrogens is 326 g/mol. The first kappa shape index (κ1) is 18.8. The fourth-order valence-electron chi connectivity index (χ4n) is 2.99. The highest BCUT2D eigenvalue weighted by Gasteiger charge is 2.28. The first-order chi connectivity index (χ1) is 11.3. The molecule has 1 N–H and O–H groups in total. The Morgan fingerprint density at radius 3 is 2.50 bits per heavy atom. The van der Waals surface area contributed by atoms with E-state index in [1.54, 1.807) is 27.7 Å². The number of rotatable bonds is 4. The maximum atomic E-state index is 12.4. The van der Waals surface area contributed by atoms with E-state index in [-0.39, 0.29) is 5.97 Å². The van der Waals surface area contributed by atoms with Gasteiger partial charge in [0.2, 0.25) is 0 Å². The van der Waals surface area contributed by atoms with Crippen LogP contribution >= 0.6 is 11.3 Å². The second-order valence-corrected chi connectivity index (χ2v) is 7.96. The Morgan fingerprint density at radius 2 is 1.92 bits per heavy atom. The molecule has 0 atom stereocenters. The molecule has 0 aromatic carbocycles. The summed E-state index contributed by atoms with van der Waals surface area (Å²) in [6.07, 6.45) is 5.21. The number of thiophene rings is 1. The van der Waals surface area contributed by atoms with Crippen LogP contribution in [0, 0.1) is 0 Å². The summed E-state index contributed by atoms with van der Waals surface area (Å²) < 4.78 is 10.5. The summed E-state index contributed by atoms with van der Waals surface area (Å²) in [5.74, 6) is -0.00558. The van der Waals surface area contributed by atoms with E-state index in [1.165, 1.54) is 30.6 Å². The molecule has 1 aliphatic carbocycles. The smallest absolute Gasteiger partial charge is 0.412 e. The number of esters is 1. The summed E-state index contributed by atoms with van der Waals surface area (Å²) in [6.45, 7) is 7.51. The van der Waals surface area contributed by atoms with Crippen molar-refractivity contribution in [1.82, 2.24) is 0 Å². The number of anilines is 1. The van der Waals surface area contributed by atoms with Crippen molar-refractivity contribution in [3.8, 4) is 0 Å². The van der Waals surface area contributed by atoms with Gasteiger partial charge in [0.15, 0.2) is 0 Å². The summed E-state index contributed by atoms with van der Waals surface area (Å²) in [4.78, 5) is 24.5. The van der Waals surface area contributed by atoms with E-state index >= 15 is 0 Å². The van der Waals surface area contributed by atoms with Crippen LogP contribution in [0.3, 0.4) is 0 Å². The molecule has 134 valence electrons. The van der Waals surface area contributed by atoms with Gasteiger partial charge in [-0.15, -0.1) is 11.3 Å². The van der Waals surface area contributed by atoms with Gasteiger partial charge in [0.25, 0.3) is 0 Å². The number of carbonyl (C=O) groups excluding carboxylic acids is 2. The van der Waals surface area contributed by atoms with E-state index in [1.807, 2.05) is 5.38 Å². The molecular formula is C18H27NO4S. The molecule has 0 bridgehead atoms. The predicted octanol–water partition coefficient (Wildman–Crippen LogP) is 5.32. The molecule has 5 nitrogen and oxygen atoms in total. The molecule has 1 aromatic rings. The van der Waals surface area contributed by atoms with Crippen molar-refractivity contribution in [1.29, 1.82) is 0 Å². The molecule has 24 heavy (non-hydrogen) atoms. The number of nitrogens with one attached hydrogen (secondary N) is 1. The normalized spacial score (nSPS) is 15.8. The Hall–Kier alpha value is -1.56. The van der Waals surface area contributed by atoms with Gasteiger partial charge in [-0.2, -0.15) is 0 Å². The standard InChI is InChI=1S/C18H27NO4S/c1-5-22-16(20)14-13(12-9-7-6-8-10-12)11-24-15(14)19-17(21)23-18(2,3)4/h11-12H,5-10H2,1-4H3,(H,19,21). The minimum Gasteiger partial charge on any atom is -0.462 e. The third kappa shape index (κ3) is 4.97. The van der Waals surface area contributed by atoms with Crippen LogP contribution in [-0.4, -0.2) is 24.3 Å². The second kappa shape index (κ2) is 8.01. The van der Waals surface area contributed by atoms with Gasteiger partial charge in [0.1, 0.15) is 10.6 Å². The maximum absolute atomic E-state index is 12.4. The molecule has 0 spiro atoms. The topological polar surface area (TPSA) is 64.6 Å². The number of amides is 1. The first-order valence-corrected chi connectivity index (χ1v) is 9.48. The number of carbonyl (C=O) groups is 2. The van der Waals surface area contributed by atoms with Crippen LogP contribution in [-0.2, 0) is 9.47 Å². The van der Waals surface area contributed by atoms with Crippen LogP contribution in [0.4, 0.5) is 9.80 Å². The zero-order valence-electron chi connectivity index (χ0n) is 14.9. The average molecular weight is 353 g/mol. The molecule has 1 aromatic heterocycles. The van der Waals surface area contributed by atoms with Crippen molar-refractivity contribution in [3.63, 3.8) is 0 Å². The van der Waals surface area contributed by atoms with Gasteiger partial charge in [0, 0.05) is 0 Å². The third-order valence-corrected chi connectivity index (χ3v) is 4.87. The van der Waals surface area contributed by atoms with E-state index in [0.717, 1.165) is 18.4 Å². The SMILES string of the molecule is CCOC(=O)c1c(C2CCCCC2)csc1NC(=O)OC(C)(C)C. The van der Waals surface area contributed by atoms with Crippen LogP contribution in [0.5, 0.6) is 0 Å². The zero-order chi connectivity index (χ0) is 17.7. The number of ether oxygens (including phenoxy) is 2. The summed E-state index contributed by atoms with van der Waals surface area (Å²) in [6, 6.07) is 0. The van der Waals surface area contributed by atoms with Crippen molar-refractivity contribution < 1.29 is 19.1 Å². The lowest BCUT2D eigenvalue weighted by Crippen LogP contribution is -2.27. The molecule has 1 amide bonds. The molecule has 0 aliphatic heterocycles. The highest BCUT2D eigenvalue weighted by atomic mass is 32.1. The second-order valence-electron chi connectivity index (χ2n) is 7.08. The lowest BCUT2D eigenvalue weighted by molar-refractivity contribution is 0.0526. The Balaban J connectivity index is 2.25. The van der Waals surface area contributed by atoms with Crippen molar-refractivity contribution in [2.24, 2.45) is 0 Å². The molecule has 1 heterocycles. The van der Waals surface area contributed by atoms with Crippen LogP contribution in [0.2, 0.25) is 0 Å². The maximum Gasteiger partial charge on any atom is 0.412 e. The summed E-state index contributed by atoms with van der Waals surface area (Å²) in [5, 5.41) is 5.22. The van der Waals surface area contributed by atoms with Crippen LogP contribution in [0.25, 0.3) is 0 Å². The van der Waals surface area contributed by atoms with E-state index in [4.69, 9.17) is 9.47 Å². The zero-order valence-corrected chi connectivity index (χ0v) is 15.8. The monoisotopic (exact) mass is 353 g/mol. The fourth-order valence-corrected chi connectivity index (χ4v) is 4.00. The number of hydrogen-bond donors (Lipinski definition) is 1. The van der Waals surface area contributed by atoms with Gasteiger partial charge in [0.05, 0.1) is 12.2 Å². The first-order valence-electron chi connectivity index (χ1n) is 8.60. The average Bonchev–Trinajstić information content (AvgIpc) is 2.90. The lowest BCUT2D eigenvalue weighted by atomic mass is 9.83. The summed E-state index contributed by atoms with van der Waals surface area (Å²) >= 11 is 1.37. The van der Waals surface area contributed by atoms with E-state index < -0.39 is 11.7 Å². The van der Waals surface area contributed by atoms with Gasteiger partial charge in [-0.25, -0.2) is 9.59 Å². The lowest BCUT2D eigenvalue weighted by Gasteiger charge is -2.22. The molecule has 0 saturated heterocycles. The van der Waals surface area contributed by atoms with Crippen molar-refractivity contribution >= 4 is 28.4 Å². The quantitative estimate of drug-likeness (QED) is 0.744. The van der Waals surface area contributed by atoms with Crippen molar-refractivity contribution in [2.75, 3.05) is 11.9 Å². The molecule has 1 aliphatic rings. The van der Waals surface area contributed by atoms with E-state index in [2.05, 4.69) is 5.32 Å². The fraction of sp³-hybridized carbons (Fsp3) is 0.667. The van der Waals surface area contributed by atoms with Gasteiger partial charge in [-0.05, 0) is 57.4 Å². The Bertz CT molecular complexity index is 582. The minimum atomic E-state index is -0.586. The van der Waals surface area contributed by atoms with Gasteiger partial charge >= 0.3 is 12.1 Å². The summed E-state index contributed by atoms with van der Waals surface area (Å²) in [5.41, 5.74) is 0.918. The molecule has 1 fully saturated rings. The molecule has 0 unspecified atom stereocenters. The molecule has 2 rings (SSSR count). The molecule has 6 heteroatoms. The molecule has 0 radical (unpaired) electrons. The van der Waals surface area contributed by atoms with Crippen molar-refractivity contribution in [2.45, 2.75) is 71.3 Å².